The molecule has 0 fully saturated rings. The number of carbonyl (C=O) groups is 2. The van der Waals surface area contributed by atoms with Crippen molar-refractivity contribution in [3.8, 4) is 11.5 Å². The Morgan fingerprint density at radius 2 is 0.822 bits per heavy atom. The van der Waals surface area contributed by atoms with Gasteiger partial charge in [0.1, 0.15) is 37.9 Å². The number of esters is 2. The van der Waals surface area contributed by atoms with Crippen LogP contribution < -0.4 is 9.47 Å². The van der Waals surface area contributed by atoms with E-state index in [2.05, 4.69) is 38.1 Å². The minimum Gasteiger partial charge on any atom is -0.491 e. The van der Waals surface area contributed by atoms with Crippen molar-refractivity contribution in [3.05, 3.63) is 84.0 Å². The van der Waals surface area contributed by atoms with Crippen molar-refractivity contribution in [2.24, 2.45) is 0 Å². The molecule has 0 heterocycles. The van der Waals surface area contributed by atoms with Crippen LogP contribution in [0.4, 0.5) is 0 Å². The molecule has 45 heavy (non-hydrogen) atoms. The number of allylic oxidation sites excluding steroid dienone is 2. The first-order valence-electron chi connectivity index (χ1n) is 15.2. The van der Waals surface area contributed by atoms with Gasteiger partial charge in [-0.05, 0) is 49.2 Å². The first-order chi connectivity index (χ1) is 21.9. The van der Waals surface area contributed by atoms with Crippen LogP contribution in [0.2, 0.25) is 0 Å². The van der Waals surface area contributed by atoms with Crippen LogP contribution in [-0.2, 0) is 43.4 Å². The van der Waals surface area contributed by atoms with Gasteiger partial charge >= 0.3 is 11.9 Å². The van der Waals surface area contributed by atoms with Crippen LogP contribution in [0.3, 0.4) is 0 Å². The Morgan fingerprint density at radius 1 is 0.511 bits per heavy atom. The molecule has 0 saturated heterocycles. The molecule has 2 aromatic rings. The molecule has 0 atom stereocenters. The van der Waals surface area contributed by atoms with E-state index in [9.17, 15) is 9.59 Å². The van der Waals surface area contributed by atoms with E-state index in [0.717, 1.165) is 11.5 Å². The normalized spacial score (nSPS) is 11.6. The number of hydrogen-bond acceptors (Lipinski definition) is 10. The summed E-state index contributed by atoms with van der Waals surface area (Å²) in [6.45, 7) is 12.4. The smallest absolute Gasteiger partial charge is 0.330 e. The molecule has 0 aliphatic heterocycles. The molecule has 2 aromatic carbocycles. The lowest BCUT2D eigenvalue weighted by Gasteiger charge is -2.26. The molecule has 0 unspecified atom stereocenters. The molecule has 0 aliphatic carbocycles. The zero-order chi connectivity index (χ0) is 32.6. The van der Waals surface area contributed by atoms with Gasteiger partial charge in [0.2, 0.25) is 0 Å². The molecule has 0 aromatic heterocycles. The highest BCUT2D eigenvalue weighted by molar-refractivity contribution is 5.82. The van der Waals surface area contributed by atoms with Crippen LogP contribution in [0.5, 0.6) is 11.5 Å². The molecule has 0 saturated carbocycles. The van der Waals surface area contributed by atoms with Gasteiger partial charge in [-0.25, -0.2) is 9.59 Å². The van der Waals surface area contributed by atoms with Crippen LogP contribution >= 0.6 is 0 Å². The summed E-state index contributed by atoms with van der Waals surface area (Å²) in [6.07, 6.45) is 6.00. The van der Waals surface area contributed by atoms with Gasteiger partial charge in [0, 0.05) is 17.6 Å². The Labute approximate surface area is 267 Å². The average Bonchev–Trinajstić information content (AvgIpc) is 3.03. The molecule has 0 radical (unpaired) electrons. The summed E-state index contributed by atoms with van der Waals surface area (Å²) in [5.41, 5.74) is 2.12. The van der Waals surface area contributed by atoms with Gasteiger partial charge in [0.15, 0.2) is 0 Å². The Bertz CT molecular complexity index is 1050. The topological polar surface area (TPSA) is 108 Å². The molecule has 0 amide bonds. The summed E-state index contributed by atoms with van der Waals surface area (Å²) in [6, 6.07) is 16.2. The Morgan fingerprint density at radius 3 is 1.16 bits per heavy atom. The summed E-state index contributed by atoms with van der Waals surface area (Å²) in [4.78, 5) is 22.4. The van der Waals surface area contributed by atoms with Gasteiger partial charge in [-0.1, -0.05) is 50.3 Å². The Hall–Kier alpha value is -3.70. The van der Waals surface area contributed by atoms with Gasteiger partial charge in [-0.3, -0.25) is 0 Å². The summed E-state index contributed by atoms with van der Waals surface area (Å²) >= 11 is 0. The van der Waals surface area contributed by atoms with E-state index in [1.807, 2.05) is 24.3 Å². The Balaban J connectivity index is 1.58. The first-order valence-corrected chi connectivity index (χ1v) is 15.2. The zero-order valence-corrected chi connectivity index (χ0v) is 27.0. The van der Waals surface area contributed by atoms with E-state index in [1.165, 1.54) is 23.3 Å². The fourth-order valence-corrected chi connectivity index (χ4v) is 3.95. The fraction of sp³-hybridized carbons (Fsp3) is 0.486. The maximum Gasteiger partial charge on any atom is 0.330 e. The molecule has 248 valence electrons. The van der Waals surface area contributed by atoms with E-state index in [1.54, 1.807) is 26.0 Å². The molecular weight excluding hydrogens is 580 g/mol. The minimum atomic E-state index is -0.371. The van der Waals surface area contributed by atoms with Gasteiger partial charge in [-0.15, -0.1) is 0 Å². The highest BCUT2D eigenvalue weighted by atomic mass is 16.6. The molecule has 10 heteroatoms. The molecule has 0 spiro atoms. The maximum atomic E-state index is 11.2. The predicted octanol–water partition coefficient (Wildman–Crippen LogP) is 5.08. The quantitative estimate of drug-likeness (QED) is 0.0888. The van der Waals surface area contributed by atoms with Crippen LogP contribution in [0.15, 0.2) is 72.8 Å². The third-order valence-electron chi connectivity index (χ3n) is 6.44. The van der Waals surface area contributed by atoms with Crippen LogP contribution in [0, 0.1) is 0 Å². The van der Waals surface area contributed by atoms with Crippen molar-refractivity contribution >= 4 is 11.9 Å². The van der Waals surface area contributed by atoms with Gasteiger partial charge in [0.05, 0.1) is 52.9 Å². The summed E-state index contributed by atoms with van der Waals surface area (Å²) in [5, 5.41) is 0. The number of ether oxygens (including phenoxy) is 8. The lowest BCUT2D eigenvalue weighted by molar-refractivity contribution is -0.140. The molecule has 10 nitrogen and oxygen atoms in total. The standard InChI is InChI=1S/C35H48O10/c1-5-7-33(36)44-27-23-40-19-17-38-21-25-42-31-13-9-29(10-14-31)35(3,4)30-11-15-32(16-12-30)43-26-22-39-18-20-41-24-28-45-34(37)8-6-2/h5-16H,17-28H2,1-4H3. The monoisotopic (exact) mass is 628 g/mol. The van der Waals surface area contributed by atoms with Crippen LogP contribution in [0.25, 0.3) is 0 Å². The third-order valence-corrected chi connectivity index (χ3v) is 6.44. The third kappa shape index (κ3) is 16.3. The summed E-state index contributed by atoms with van der Waals surface area (Å²) < 4.78 is 43.3. The van der Waals surface area contributed by atoms with Crippen molar-refractivity contribution in [2.45, 2.75) is 33.1 Å². The fourth-order valence-electron chi connectivity index (χ4n) is 3.95. The second-order valence-corrected chi connectivity index (χ2v) is 10.2. The van der Waals surface area contributed by atoms with Crippen molar-refractivity contribution < 1.29 is 47.5 Å². The number of carbonyl (C=O) groups excluding carboxylic acids is 2. The molecular formula is C35H48O10. The minimum absolute atomic E-state index is 0.209. The Kier molecular flexibility index (Phi) is 19.0. The first kappa shape index (κ1) is 37.5. The average molecular weight is 629 g/mol. The highest BCUT2D eigenvalue weighted by Gasteiger charge is 2.23. The van der Waals surface area contributed by atoms with Gasteiger partial charge in [0.25, 0.3) is 0 Å². The SMILES string of the molecule is CC=CC(=O)OCCOCCOCCOc1ccc(C(C)(C)c2ccc(OCCOCCOCCOC(=O)C=CC)cc2)cc1. The van der Waals surface area contributed by atoms with E-state index in [4.69, 9.17) is 37.9 Å². The predicted molar refractivity (Wildman–Crippen MR) is 171 cm³/mol. The second-order valence-electron chi connectivity index (χ2n) is 10.2. The zero-order valence-electron chi connectivity index (χ0n) is 27.0. The number of benzene rings is 2. The van der Waals surface area contributed by atoms with Crippen molar-refractivity contribution in [3.63, 3.8) is 0 Å². The largest absolute Gasteiger partial charge is 0.491 e. The van der Waals surface area contributed by atoms with Gasteiger partial charge in [-0.2, -0.15) is 0 Å². The van der Waals surface area contributed by atoms with Crippen molar-refractivity contribution in [1.29, 1.82) is 0 Å². The maximum absolute atomic E-state index is 11.2. The summed E-state index contributed by atoms with van der Waals surface area (Å²) in [7, 11) is 0. The number of hydrogen-bond donors (Lipinski definition) is 0. The highest BCUT2D eigenvalue weighted by Crippen LogP contribution is 2.33. The van der Waals surface area contributed by atoms with E-state index in [0.29, 0.717) is 66.1 Å². The number of rotatable bonds is 24. The van der Waals surface area contributed by atoms with Crippen molar-refractivity contribution in [2.75, 3.05) is 79.3 Å². The molecule has 2 rings (SSSR count). The van der Waals surface area contributed by atoms with Crippen LogP contribution in [0.1, 0.15) is 38.8 Å². The lowest BCUT2D eigenvalue weighted by Crippen LogP contribution is -2.19. The molecule has 0 bridgehead atoms. The van der Waals surface area contributed by atoms with E-state index < -0.39 is 0 Å². The van der Waals surface area contributed by atoms with E-state index >= 15 is 0 Å². The van der Waals surface area contributed by atoms with Crippen molar-refractivity contribution in [1.82, 2.24) is 0 Å². The molecule has 0 N–H and O–H groups in total. The lowest BCUT2D eigenvalue weighted by atomic mass is 9.78. The summed E-state index contributed by atoms with van der Waals surface area (Å²) in [5.74, 6) is 0.814. The van der Waals surface area contributed by atoms with E-state index in [-0.39, 0.29) is 30.6 Å². The molecule has 0 aliphatic rings. The van der Waals surface area contributed by atoms with Crippen LogP contribution in [-0.4, -0.2) is 91.2 Å². The van der Waals surface area contributed by atoms with Gasteiger partial charge < -0.3 is 37.9 Å². The second kappa shape index (κ2) is 22.8.